The molecule has 0 N–H and O–H groups in total. The van der Waals surface area contributed by atoms with Crippen LogP contribution in [0.25, 0.3) is 0 Å². The lowest BCUT2D eigenvalue weighted by molar-refractivity contribution is -0.137. The van der Waals surface area contributed by atoms with Crippen LogP contribution >= 0.6 is 35.7 Å². The van der Waals surface area contributed by atoms with Crippen LogP contribution in [0.3, 0.4) is 0 Å². The van der Waals surface area contributed by atoms with Crippen molar-refractivity contribution < 1.29 is 22.6 Å². The van der Waals surface area contributed by atoms with Crippen LogP contribution in [0.2, 0.25) is 0 Å². The minimum atomic E-state index is -4.42. The molecule has 0 amide bonds. The molecule has 4 nitrogen and oxygen atoms in total. The maximum Gasteiger partial charge on any atom is 0.416 e. The summed E-state index contributed by atoms with van der Waals surface area (Å²) in [5.74, 6) is 2.23. The maximum atomic E-state index is 13.2. The van der Waals surface area contributed by atoms with E-state index in [1.807, 2.05) is 55.5 Å². The molecule has 35 heavy (non-hydrogen) atoms. The van der Waals surface area contributed by atoms with E-state index in [4.69, 9.17) is 9.47 Å². The van der Waals surface area contributed by atoms with Crippen molar-refractivity contribution in [2.75, 3.05) is 20.0 Å². The molecule has 0 aromatic heterocycles. The third kappa shape index (κ3) is 8.64. The summed E-state index contributed by atoms with van der Waals surface area (Å²) in [7, 11) is 3.23. The van der Waals surface area contributed by atoms with Gasteiger partial charge in [-0.25, -0.2) is 4.99 Å². The molecule has 3 rings (SSSR count). The van der Waals surface area contributed by atoms with Gasteiger partial charge in [-0.15, -0.1) is 24.0 Å². The summed E-state index contributed by atoms with van der Waals surface area (Å²) >= 11 is 1.49. The Morgan fingerprint density at radius 1 is 0.857 bits per heavy atom. The largest absolute Gasteiger partial charge is 0.497 e. The van der Waals surface area contributed by atoms with Crippen LogP contribution in [0.15, 0.2) is 77.8 Å². The van der Waals surface area contributed by atoms with Gasteiger partial charge in [-0.1, -0.05) is 49.0 Å². The molecular formula is C26H28F3IN2O2S. The second-order valence-corrected chi connectivity index (χ2v) is 8.66. The summed E-state index contributed by atoms with van der Waals surface area (Å²) in [5.41, 5.74) is 1.61. The van der Waals surface area contributed by atoms with Gasteiger partial charge in [0.2, 0.25) is 0 Å². The van der Waals surface area contributed by atoms with Gasteiger partial charge in [-0.2, -0.15) is 13.2 Å². The van der Waals surface area contributed by atoms with Crippen LogP contribution in [-0.2, 0) is 19.3 Å². The molecule has 0 unspecified atom stereocenters. The topological polar surface area (TPSA) is 34.1 Å². The highest BCUT2D eigenvalue weighted by atomic mass is 127. The van der Waals surface area contributed by atoms with Crippen LogP contribution in [0.5, 0.6) is 11.5 Å². The standard InChI is InChI=1S/C26H27F3N2O2S.HI/c1-4-34-25(30-22-7-5-6-21(16-22)26(27,28)29)31(17-19-8-12-23(32-2)13-9-19)18-20-10-14-24(33-3)15-11-20;/h5-16H,4,17-18H2,1-3H3;1H. The second kappa shape index (κ2) is 13.6. The molecule has 0 fully saturated rings. The normalized spacial score (nSPS) is 11.5. The summed E-state index contributed by atoms with van der Waals surface area (Å²) in [5, 5.41) is 0.647. The van der Waals surface area contributed by atoms with Gasteiger partial charge in [0.1, 0.15) is 11.5 Å². The molecule has 3 aromatic rings. The molecule has 0 aliphatic rings. The number of alkyl halides is 3. The highest BCUT2D eigenvalue weighted by Gasteiger charge is 2.30. The summed E-state index contributed by atoms with van der Waals surface area (Å²) in [4.78, 5) is 6.71. The van der Waals surface area contributed by atoms with Crippen molar-refractivity contribution in [3.05, 3.63) is 89.5 Å². The molecular weight excluding hydrogens is 588 g/mol. The van der Waals surface area contributed by atoms with Gasteiger partial charge < -0.3 is 14.4 Å². The summed E-state index contributed by atoms with van der Waals surface area (Å²) in [6.45, 7) is 3.05. The predicted octanol–water partition coefficient (Wildman–Crippen LogP) is 7.78. The number of hydrogen-bond donors (Lipinski definition) is 0. The van der Waals surface area contributed by atoms with Crippen molar-refractivity contribution in [2.24, 2.45) is 4.99 Å². The van der Waals surface area contributed by atoms with E-state index in [-0.39, 0.29) is 29.7 Å². The zero-order valence-electron chi connectivity index (χ0n) is 19.7. The van der Waals surface area contributed by atoms with Gasteiger partial charge in [0.05, 0.1) is 25.5 Å². The fourth-order valence-electron chi connectivity index (χ4n) is 3.28. The zero-order valence-corrected chi connectivity index (χ0v) is 22.9. The van der Waals surface area contributed by atoms with Gasteiger partial charge in [0, 0.05) is 13.1 Å². The van der Waals surface area contributed by atoms with E-state index in [1.54, 1.807) is 20.3 Å². The van der Waals surface area contributed by atoms with E-state index >= 15 is 0 Å². The Balaban J connectivity index is 0.00000432. The Labute approximate surface area is 225 Å². The lowest BCUT2D eigenvalue weighted by Gasteiger charge is -2.26. The number of ether oxygens (including phenoxy) is 2. The second-order valence-electron chi connectivity index (χ2n) is 7.43. The smallest absolute Gasteiger partial charge is 0.416 e. The average Bonchev–Trinajstić information content (AvgIpc) is 2.84. The lowest BCUT2D eigenvalue weighted by atomic mass is 10.1. The number of hydrogen-bond acceptors (Lipinski definition) is 4. The minimum absolute atomic E-state index is 0. The summed E-state index contributed by atoms with van der Waals surface area (Å²) in [6, 6.07) is 20.5. The molecule has 9 heteroatoms. The van der Waals surface area contributed by atoms with Crippen molar-refractivity contribution in [3.8, 4) is 11.5 Å². The molecule has 0 radical (unpaired) electrons. The van der Waals surface area contributed by atoms with Crippen molar-refractivity contribution in [3.63, 3.8) is 0 Å². The van der Waals surface area contributed by atoms with E-state index in [0.717, 1.165) is 40.5 Å². The number of thioether (sulfide) groups is 1. The number of halogens is 4. The lowest BCUT2D eigenvalue weighted by Crippen LogP contribution is -2.28. The Kier molecular flexibility index (Phi) is 11.2. The molecule has 0 spiro atoms. The van der Waals surface area contributed by atoms with E-state index in [0.29, 0.717) is 18.3 Å². The van der Waals surface area contributed by atoms with E-state index in [1.165, 1.54) is 17.8 Å². The number of aliphatic imine (C=N–C) groups is 1. The third-order valence-electron chi connectivity index (χ3n) is 5.01. The monoisotopic (exact) mass is 616 g/mol. The van der Waals surface area contributed by atoms with E-state index < -0.39 is 11.7 Å². The zero-order chi connectivity index (χ0) is 24.6. The van der Waals surface area contributed by atoms with Gasteiger partial charge in [-0.05, 0) is 59.3 Å². The number of rotatable bonds is 8. The van der Waals surface area contributed by atoms with Crippen LogP contribution in [0, 0.1) is 0 Å². The van der Waals surface area contributed by atoms with Crippen molar-refractivity contribution in [1.82, 2.24) is 4.90 Å². The first-order valence-corrected chi connectivity index (χ1v) is 11.7. The van der Waals surface area contributed by atoms with Gasteiger partial charge >= 0.3 is 6.18 Å². The highest BCUT2D eigenvalue weighted by molar-refractivity contribution is 14.0. The first-order chi connectivity index (χ1) is 16.3. The number of amidine groups is 1. The van der Waals surface area contributed by atoms with Crippen LogP contribution in [0.1, 0.15) is 23.6 Å². The fraction of sp³-hybridized carbons (Fsp3) is 0.269. The minimum Gasteiger partial charge on any atom is -0.497 e. The van der Waals surface area contributed by atoms with Crippen LogP contribution in [0.4, 0.5) is 18.9 Å². The molecule has 3 aromatic carbocycles. The molecule has 0 bridgehead atoms. The quantitative estimate of drug-likeness (QED) is 0.147. The van der Waals surface area contributed by atoms with Gasteiger partial charge in [0.25, 0.3) is 0 Å². The number of benzene rings is 3. The molecule has 0 aliphatic heterocycles. The molecule has 0 saturated heterocycles. The Hall–Kier alpha value is -2.40. The predicted molar refractivity (Wildman–Crippen MR) is 147 cm³/mol. The molecule has 0 heterocycles. The van der Waals surface area contributed by atoms with Crippen LogP contribution < -0.4 is 9.47 Å². The number of methoxy groups -OCH3 is 2. The van der Waals surface area contributed by atoms with E-state index in [9.17, 15) is 13.2 Å². The Bertz CT molecular complexity index is 1040. The first kappa shape index (κ1) is 28.8. The molecule has 188 valence electrons. The van der Waals surface area contributed by atoms with Gasteiger partial charge in [-0.3, -0.25) is 0 Å². The maximum absolute atomic E-state index is 13.2. The number of nitrogens with zero attached hydrogens (tertiary/aromatic N) is 2. The molecule has 0 saturated carbocycles. The Morgan fingerprint density at radius 3 is 1.80 bits per heavy atom. The average molecular weight is 616 g/mol. The van der Waals surface area contributed by atoms with Crippen molar-refractivity contribution in [1.29, 1.82) is 0 Å². The van der Waals surface area contributed by atoms with Crippen molar-refractivity contribution in [2.45, 2.75) is 26.2 Å². The molecule has 0 aliphatic carbocycles. The van der Waals surface area contributed by atoms with Gasteiger partial charge in [0.15, 0.2) is 5.17 Å². The first-order valence-electron chi connectivity index (χ1n) is 10.7. The molecule has 0 atom stereocenters. The SMILES string of the molecule is CCSC(=Nc1cccc(C(F)(F)F)c1)N(Cc1ccc(OC)cc1)Cc1ccc(OC)cc1.I. The third-order valence-corrected chi connectivity index (χ3v) is 5.90. The fourth-order valence-corrected chi connectivity index (χ4v) is 4.02. The van der Waals surface area contributed by atoms with Crippen molar-refractivity contribution >= 4 is 46.6 Å². The highest BCUT2D eigenvalue weighted by Crippen LogP contribution is 2.32. The summed E-state index contributed by atoms with van der Waals surface area (Å²) < 4.78 is 50.2. The Morgan fingerprint density at radius 2 is 1.37 bits per heavy atom. The van der Waals surface area contributed by atoms with Crippen LogP contribution in [-0.4, -0.2) is 30.0 Å². The summed E-state index contributed by atoms with van der Waals surface area (Å²) in [6.07, 6.45) is -4.42. The van der Waals surface area contributed by atoms with E-state index in [2.05, 4.69) is 9.89 Å².